The first kappa shape index (κ1) is 19.7. The number of rotatable bonds is 6. The van der Waals surface area contributed by atoms with Crippen molar-refractivity contribution in [2.24, 2.45) is 0 Å². The maximum atomic E-state index is 10.8. The highest BCUT2D eigenvalue weighted by atomic mass is 16.5. The van der Waals surface area contributed by atoms with E-state index in [0.717, 1.165) is 24.3 Å². The molecule has 150 valence electrons. The summed E-state index contributed by atoms with van der Waals surface area (Å²) in [4.78, 5) is 2.38. The van der Waals surface area contributed by atoms with Gasteiger partial charge in [0.1, 0.15) is 12.4 Å². The summed E-state index contributed by atoms with van der Waals surface area (Å²) in [5.74, 6) is 1.04. The number of nitrogens with zero attached hydrogens (tertiary/aromatic N) is 1. The van der Waals surface area contributed by atoms with E-state index in [0.29, 0.717) is 19.2 Å². The van der Waals surface area contributed by atoms with E-state index < -0.39 is 0 Å². The topological polar surface area (TPSA) is 32.7 Å². The minimum absolute atomic E-state index is 0.178. The Labute approximate surface area is 173 Å². The second-order valence-corrected chi connectivity index (χ2v) is 7.89. The molecule has 1 aliphatic rings. The molecule has 0 saturated carbocycles. The first-order chi connectivity index (χ1) is 14.2. The maximum Gasteiger partial charge on any atom is 0.119 e. The molecule has 0 aromatic heterocycles. The van der Waals surface area contributed by atoms with E-state index in [9.17, 15) is 5.11 Å². The number of hydrogen-bond acceptors (Lipinski definition) is 3. The highest BCUT2D eigenvalue weighted by Crippen LogP contribution is 2.33. The molecule has 0 aliphatic carbocycles. The van der Waals surface area contributed by atoms with Crippen molar-refractivity contribution in [1.29, 1.82) is 0 Å². The molecule has 3 heteroatoms. The predicted octanol–water partition coefficient (Wildman–Crippen LogP) is 5.18. The van der Waals surface area contributed by atoms with Crippen molar-refractivity contribution < 1.29 is 9.84 Å². The number of hydrogen-bond donors (Lipinski definition) is 1. The molecule has 1 fully saturated rings. The lowest BCUT2D eigenvalue weighted by Gasteiger charge is -2.39. The lowest BCUT2D eigenvalue weighted by molar-refractivity contribution is 0.0329. The van der Waals surface area contributed by atoms with E-state index in [-0.39, 0.29) is 12.0 Å². The van der Waals surface area contributed by atoms with Crippen molar-refractivity contribution in [3.05, 3.63) is 102 Å². The Balaban J connectivity index is 1.34. The van der Waals surface area contributed by atoms with Crippen LogP contribution in [0.4, 0.5) is 0 Å². The Morgan fingerprint density at radius 3 is 2.24 bits per heavy atom. The summed E-state index contributed by atoms with van der Waals surface area (Å²) < 4.78 is 5.89. The van der Waals surface area contributed by atoms with Crippen LogP contribution >= 0.6 is 0 Å². The lowest BCUT2D eigenvalue weighted by Crippen LogP contribution is -2.43. The number of benzene rings is 3. The molecular weight excluding hydrogens is 358 g/mol. The van der Waals surface area contributed by atoms with Crippen LogP contribution in [0.25, 0.3) is 0 Å². The summed E-state index contributed by atoms with van der Waals surface area (Å²) in [7, 11) is 0. The zero-order chi connectivity index (χ0) is 20.1. The highest BCUT2D eigenvalue weighted by molar-refractivity contribution is 5.31. The molecule has 0 amide bonds. The summed E-state index contributed by atoms with van der Waals surface area (Å²) >= 11 is 0. The lowest BCUT2D eigenvalue weighted by atomic mass is 9.86. The predicted molar refractivity (Wildman–Crippen MR) is 117 cm³/mol. The third-order valence-corrected chi connectivity index (χ3v) is 6.00. The molecule has 29 heavy (non-hydrogen) atoms. The average molecular weight is 388 g/mol. The summed E-state index contributed by atoms with van der Waals surface area (Å²) in [5.41, 5.74) is 3.65. The third-order valence-electron chi connectivity index (χ3n) is 6.00. The molecule has 1 saturated heterocycles. The van der Waals surface area contributed by atoms with Crippen molar-refractivity contribution in [3.8, 4) is 5.75 Å². The van der Waals surface area contributed by atoms with Crippen LogP contribution < -0.4 is 4.74 Å². The van der Waals surface area contributed by atoms with E-state index in [1.807, 2.05) is 36.4 Å². The Morgan fingerprint density at radius 1 is 0.931 bits per heavy atom. The standard InChI is InChI=1S/C26H29NO2/c1-20(22-10-6-3-7-11-22)27-17-16-25(26(28)18-27)23-12-14-24(15-13-23)29-19-21-8-4-2-5-9-21/h2-15,20,25-26,28H,16-19H2,1H3/t20-,25?,26?/m1/s1. The first-order valence-corrected chi connectivity index (χ1v) is 10.4. The second kappa shape index (κ2) is 9.25. The molecule has 0 spiro atoms. The normalized spacial score (nSPS) is 20.9. The van der Waals surface area contributed by atoms with Gasteiger partial charge in [-0.2, -0.15) is 0 Å². The quantitative estimate of drug-likeness (QED) is 0.633. The summed E-state index contributed by atoms with van der Waals surface area (Å²) in [5, 5.41) is 10.8. The SMILES string of the molecule is C[C@H](c1ccccc1)N1CCC(c2ccc(OCc3ccccc3)cc2)C(O)C1. The third kappa shape index (κ3) is 4.87. The monoisotopic (exact) mass is 387 g/mol. The van der Waals surface area contributed by atoms with Gasteiger partial charge in [-0.15, -0.1) is 0 Å². The smallest absolute Gasteiger partial charge is 0.119 e. The molecule has 3 nitrogen and oxygen atoms in total. The summed E-state index contributed by atoms with van der Waals surface area (Å²) in [6.45, 7) is 4.48. The molecule has 3 atom stereocenters. The number of aliphatic hydroxyl groups is 1. The van der Waals surface area contributed by atoms with Crippen LogP contribution in [0.5, 0.6) is 5.75 Å². The summed E-state index contributed by atoms with van der Waals surface area (Å²) in [6, 6.07) is 29.3. The van der Waals surface area contributed by atoms with Gasteiger partial charge in [-0.05, 0) is 48.7 Å². The van der Waals surface area contributed by atoms with E-state index in [4.69, 9.17) is 4.74 Å². The highest BCUT2D eigenvalue weighted by Gasteiger charge is 2.31. The first-order valence-electron chi connectivity index (χ1n) is 10.4. The molecule has 3 aromatic carbocycles. The number of aliphatic hydroxyl groups excluding tert-OH is 1. The Kier molecular flexibility index (Phi) is 6.28. The molecule has 0 radical (unpaired) electrons. The second-order valence-electron chi connectivity index (χ2n) is 7.89. The number of β-amino-alcohol motifs (C(OH)–C–C–N with tert-alkyl or cyclic N) is 1. The van der Waals surface area contributed by atoms with Gasteiger partial charge in [-0.25, -0.2) is 0 Å². The van der Waals surface area contributed by atoms with Gasteiger partial charge in [0.05, 0.1) is 6.10 Å². The van der Waals surface area contributed by atoms with Crippen LogP contribution in [0.15, 0.2) is 84.9 Å². The van der Waals surface area contributed by atoms with Gasteiger partial charge in [-0.3, -0.25) is 4.90 Å². The van der Waals surface area contributed by atoms with E-state index in [2.05, 4.69) is 60.4 Å². The van der Waals surface area contributed by atoms with E-state index in [1.165, 1.54) is 11.1 Å². The molecule has 0 bridgehead atoms. The minimum Gasteiger partial charge on any atom is -0.489 e. The van der Waals surface area contributed by atoms with Crippen LogP contribution in [0.1, 0.15) is 42.0 Å². The largest absolute Gasteiger partial charge is 0.489 e. The zero-order valence-electron chi connectivity index (χ0n) is 16.9. The fourth-order valence-corrected chi connectivity index (χ4v) is 4.19. The fourth-order valence-electron chi connectivity index (χ4n) is 4.19. The maximum absolute atomic E-state index is 10.8. The minimum atomic E-state index is -0.356. The van der Waals surface area contributed by atoms with Gasteiger partial charge in [0, 0.05) is 18.5 Å². The van der Waals surface area contributed by atoms with Crippen LogP contribution in [-0.4, -0.2) is 29.2 Å². The van der Waals surface area contributed by atoms with E-state index >= 15 is 0 Å². The van der Waals surface area contributed by atoms with Crippen molar-refractivity contribution >= 4 is 0 Å². The molecule has 3 aromatic rings. The van der Waals surface area contributed by atoms with Gasteiger partial charge in [0.25, 0.3) is 0 Å². The number of ether oxygens (including phenoxy) is 1. The molecule has 1 aliphatic heterocycles. The Hall–Kier alpha value is -2.62. The van der Waals surface area contributed by atoms with Gasteiger partial charge >= 0.3 is 0 Å². The molecule has 1 N–H and O–H groups in total. The van der Waals surface area contributed by atoms with Crippen molar-refractivity contribution in [2.75, 3.05) is 13.1 Å². The van der Waals surface area contributed by atoms with Crippen LogP contribution in [0.3, 0.4) is 0 Å². The van der Waals surface area contributed by atoms with Gasteiger partial charge in [-0.1, -0.05) is 72.8 Å². The van der Waals surface area contributed by atoms with Crippen LogP contribution in [0, 0.1) is 0 Å². The number of piperidine rings is 1. The summed E-state index contributed by atoms with van der Waals surface area (Å²) in [6.07, 6.45) is 0.605. The zero-order valence-corrected chi connectivity index (χ0v) is 16.9. The molecule has 2 unspecified atom stereocenters. The van der Waals surface area contributed by atoms with Gasteiger partial charge in [0.15, 0.2) is 0 Å². The molecule has 4 rings (SSSR count). The Bertz CT molecular complexity index is 880. The average Bonchev–Trinajstić information content (AvgIpc) is 2.79. The van der Waals surface area contributed by atoms with Crippen LogP contribution in [-0.2, 0) is 6.61 Å². The molecule has 1 heterocycles. The van der Waals surface area contributed by atoms with Crippen LogP contribution in [0.2, 0.25) is 0 Å². The van der Waals surface area contributed by atoms with Crippen molar-refractivity contribution in [3.63, 3.8) is 0 Å². The van der Waals surface area contributed by atoms with Gasteiger partial charge < -0.3 is 9.84 Å². The Morgan fingerprint density at radius 2 is 1.59 bits per heavy atom. The van der Waals surface area contributed by atoms with E-state index in [1.54, 1.807) is 0 Å². The van der Waals surface area contributed by atoms with Crippen molar-refractivity contribution in [1.82, 2.24) is 4.90 Å². The fraction of sp³-hybridized carbons (Fsp3) is 0.308. The van der Waals surface area contributed by atoms with Gasteiger partial charge in [0.2, 0.25) is 0 Å². The van der Waals surface area contributed by atoms with Crippen molar-refractivity contribution in [2.45, 2.75) is 38.0 Å². The number of likely N-dealkylation sites (tertiary alicyclic amines) is 1. The molecular formula is C26H29NO2.